The minimum atomic E-state index is -0.0881. The van der Waals surface area contributed by atoms with Gasteiger partial charge in [-0.1, -0.05) is 53.7 Å². The lowest BCUT2D eigenvalue weighted by Gasteiger charge is -2.12. The summed E-state index contributed by atoms with van der Waals surface area (Å²) in [5, 5.41) is 12.5. The number of nitrogens with zero attached hydrogens (tertiary/aromatic N) is 3. The smallest absolute Gasteiger partial charge is 0.234 e. The molecule has 0 unspecified atom stereocenters. The number of hydrogen-bond acceptors (Lipinski definition) is 5. The molecule has 3 aromatic carbocycles. The molecule has 1 amide bonds. The molecule has 7 heteroatoms. The second-order valence-electron chi connectivity index (χ2n) is 7.79. The summed E-state index contributed by atoms with van der Waals surface area (Å²) < 4.78 is 7.27. The van der Waals surface area contributed by atoms with Crippen LogP contribution in [0, 0.1) is 20.8 Å². The normalized spacial score (nSPS) is 10.8. The molecule has 4 aromatic rings. The molecule has 0 saturated heterocycles. The average Bonchev–Trinajstić information content (AvgIpc) is 3.25. The van der Waals surface area contributed by atoms with Crippen molar-refractivity contribution < 1.29 is 9.53 Å². The Morgan fingerprint density at radius 2 is 1.70 bits per heavy atom. The van der Waals surface area contributed by atoms with Gasteiger partial charge in [0.05, 0.1) is 12.9 Å². The Kier molecular flexibility index (Phi) is 6.79. The molecule has 33 heavy (non-hydrogen) atoms. The number of nitrogens with one attached hydrogen (secondary N) is 1. The molecule has 0 aliphatic carbocycles. The van der Waals surface area contributed by atoms with Gasteiger partial charge in [0.25, 0.3) is 0 Å². The van der Waals surface area contributed by atoms with Gasteiger partial charge in [-0.2, -0.15) is 0 Å². The number of carbonyl (C=O) groups is 1. The van der Waals surface area contributed by atoms with Gasteiger partial charge < -0.3 is 10.1 Å². The van der Waals surface area contributed by atoms with E-state index in [9.17, 15) is 4.79 Å². The van der Waals surface area contributed by atoms with E-state index in [1.54, 1.807) is 7.11 Å². The topological polar surface area (TPSA) is 69.0 Å². The maximum absolute atomic E-state index is 12.7. The van der Waals surface area contributed by atoms with Crippen molar-refractivity contribution in [3.63, 3.8) is 0 Å². The lowest BCUT2D eigenvalue weighted by atomic mass is 10.1. The number of hydrogen-bond donors (Lipinski definition) is 1. The molecule has 4 rings (SSSR count). The third-order valence-corrected chi connectivity index (χ3v) is 6.41. The quantitative estimate of drug-likeness (QED) is 0.365. The van der Waals surface area contributed by atoms with Gasteiger partial charge >= 0.3 is 0 Å². The van der Waals surface area contributed by atoms with E-state index in [1.807, 2.05) is 92.1 Å². The van der Waals surface area contributed by atoms with Gasteiger partial charge in [-0.25, -0.2) is 0 Å². The van der Waals surface area contributed by atoms with Crippen LogP contribution in [-0.2, 0) is 4.79 Å². The Labute approximate surface area is 198 Å². The van der Waals surface area contributed by atoms with Crippen LogP contribution in [0.15, 0.2) is 71.9 Å². The molecule has 0 saturated carbocycles. The predicted molar refractivity (Wildman–Crippen MR) is 133 cm³/mol. The number of aryl methyl sites for hydroxylation is 2. The molecule has 0 spiro atoms. The highest BCUT2D eigenvalue weighted by Crippen LogP contribution is 2.29. The lowest BCUT2D eigenvalue weighted by molar-refractivity contribution is -0.113. The molecular weight excluding hydrogens is 432 g/mol. The summed E-state index contributed by atoms with van der Waals surface area (Å²) in [6.45, 7) is 6.09. The summed E-state index contributed by atoms with van der Waals surface area (Å²) in [5.41, 5.74) is 6.07. The van der Waals surface area contributed by atoms with Crippen molar-refractivity contribution in [2.24, 2.45) is 0 Å². The van der Waals surface area contributed by atoms with Crippen LogP contribution < -0.4 is 10.1 Å². The monoisotopic (exact) mass is 458 g/mol. The number of aromatic nitrogens is 3. The van der Waals surface area contributed by atoms with Crippen LogP contribution >= 0.6 is 11.8 Å². The first-order chi connectivity index (χ1) is 16.0. The van der Waals surface area contributed by atoms with Crippen molar-refractivity contribution in [1.29, 1.82) is 0 Å². The zero-order valence-corrected chi connectivity index (χ0v) is 19.9. The first kappa shape index (κ1) is 22.6. The lowest BCUT2D eigenvalue weighted by Crippen LogP contribution is -2.15. The largest absolute Gasteiger partial charge is 0.497 e. The molecular formula is C26H26N4O2S. The molecule has 1 aromatic heterocycles. The summed E-state index contributed by atoms with van der Waals surface area (Å²) in [7, 11) is 1.64. The van der Waals surface area contributed by atoms with Gasteiger partial charge in [0, 0.05) is 16.9 Å². The highest BCUT2D eigenvalue weighted by molar-refractivity contribution is 7.99. The summed E-state index contributed by atoms with van der Waals surface area (Å²) in [4.78, 5) is 12.7. The van der Waals surface area contributed by atoms with E-state index in [-0.39, 0.29) is 11.7 Å². The van der Waals surface area contributed by atoms with Gasteiger partial charge in [0.2, 0.25) is 5.91 Å². The van der Waals surface area contributed by atoms with Gasteiger partial charge in [-0.05, 0) is 62.2 Å². The zero-order chi connectivity index (χ0) is 23.4. The van der Waals surface area contributed by atoms with Crippen molar-refractivity contribution in [2.75, 3.05) is 18.2 Å². The summed E-state index contributed by atoms with van der Waals surface area (Å²) in [6.07, 6.45) is 0. The maximum Gasteiger partial charge on any atom is 0.234 e. The number of anilines is 1. The van der Waals surface area contributed by atoms with E-state index in [1.165, 1.54) is 17.3 Å². The highest BCUT2D eigenvalue weighted by Gasteiger charge is 2.18. The standard InChI is InChI=1S/C26H26N4O2S/c1-17-8-10-20(11-9-17)25-28-29-26(30(25)21-12-14-22(32-4)15-13-21)33-16-24(31)27-23-7-5-6-18(2)19(23)3/h5-15H,16H2,1-4H3,(H,27,31). The van der Waals surface area contributed by atoms with Crippen LogP contribution in [0.25, 0.3) is 17.1 Å². The molecule has 0 aliphatic heterocycles. The van der Waals surface area contributed by atoms with Crippen LogP contribution in [-0.4, -0.2) is 33.5 Å². The van der Waals surface area contributed by atoms with Crippen molar-refractivity contribution in [1.82, 2.24) is 14.8 Å². The van der Waals surface area contributed by atoms with Gasteiger partial charge in [-0.15, -0.1) is 10.2 Å². The van der Waals surface area contributed by atoms with Gasteiger partial charge in [0.1, 0.15) is 5.75 Å². The third-order valence-electron chi connectivity index (χ3n) is 5.48. The summed E-state index contributed by atoms with van der Waals surface area (Å²) >= 11 is 1.35. The Hall–Kier alpha value is -3.58. The van der Waals surface area contributed by atoms with E-state index < -0.39 is 0 Å². The molecule has 0 atom stereocenters. The number of methoxy groups -OCH3 is 1. The van der Waals surface area contributed by atoms with Crippen molar-refractivity contribution in [3.8, 4) is 22.8 Å². The molecule has 6 nitrogen and oxygen atoms in total. The third kappa shape index (κ3) is 5.09. The minimum absolute atomic E-state index is 0.0881. The SMILES string of the molecule is COc1ccc(-n2c(SCC(=O)Nc3cccc(C)c3C)nnc2-c2ccc(C)cc2)cc1. The molecule has 168 valence electrons. The number of benzene rings is 3. The fourth-order valence-corrected chi connectivity index (χ4v) is 4.17. The number of ether oxygens (including phenoxy) is 1. The summed E-state index contributed by atoms with van der Waals surface area (Å²) in [5.74, 6) is 1.62. The van der Waals surface area contributed by atoms with Crippen LogP contribution in [0.4, 0.5) is 5.69 Å². The molecule has 0 bridgehead atoms. The van der Waals surface area contributed by atoms with Crippen LogP contribution in [0.5, 0.6) is 5.75 Å². The maximum atomic E-state index is 12.7. The van der Waals surface area contributed by atoms with E-state index >= 15 is 0 Å². The molecule has 0 radical (unpaired) electrons. The zero-order valence-electron chi connectivity index (χ0n) is 19.1. The van der Waals surface area contributed by atoms with Crippen LogP contribution in [0.1, 0.15) is 16.7 Å². The van der Waals surface area contributed by atoms with Gasteiger partial charge in [0.15, 0.2) is 11.0 Å². The molecule has 1 N–H and O–H groups in total. The van der Waals surface area contributed by atoms with Crippen molar-refractivity contribution in [3.05, 3.63) is 83.4 Å². The number of rotatable bonds is 7. The number of amides is 1. The van der Waals surface area contributed by atoms with E-state index in [0.29, 0.717) is 5.16 Å². The fourth-order valence-electron chi connectivity index (χ4n) is 3.42. The van der Waals surface area contributed by atoms with Crippen LogP contribution in [0.3, 0.4) is 0 Å². The molecule has 0 fully saturated rings. The Morgan fingerprint density at radius 3 is 2.39 bits per heavy atom. The Morgan fingerprint density at radius 1 is 0.970 bits per heavy atom. The van der Waals surface area contributed by atoms with Crippen LogP contribution in [0.2, 0.25) is 0 Å². The summed E-state index contributed by atoms with van der Waals surface area (Å²) in [6, 6.07) is 21.8. The molecule has 1 heterocycles. The minimum Gasteiger partial charge on any atom is -0.497 e. The highest BCUT2D eigenvalue weighted by atomic mass is 32.2. The number of thioether (sulfide) groups is 1. The Balaban J connectivity index is 1.61. The Bertz CT molecular complexity index is 1260. The van der Waals surface area contributed by atoms with Crippen molar-refractivity contribution >= 4 is 23.4 Å². The van der Waals surface area contributed by atoms with Gasteiger partial charge in [-0.3, -0.25) is 9.36 Å². The van der Waals surface area contributed by atoms with E-state index in [2.05, 4.69) is 15.5 Å². The second-order valence-corrected chi connectivity index (χ2v) is 8.73. The van der Waals surface area contributed by atoms with E-state index in [4.69, 9.17) is 4.74 Å². The average molecular weight is 459 g/mol. The molecule has 0 aliphatic rings. The number of carbonyl (C=O) groups excluding carboxylic acids is 1. The first-order valence-corrected chi connectivity index (χ1v) is 11.6. The predicted octanol–water partition coefficient (Wildman–Crippen LogP) is 5.60. The van der Waals surface area contributed by atoms with E-state index in [0.717, 1.165) is 39.6 Å². The second kappa shape index (κ2) is 9.92. The van der Waals surface area contributed by atoms with Crippen molar-refractivity contribution in [2.45, 2.75) is 25.9 Å². The fraction of sp³-hybridized carbons (Fsp3) is 0.192. The first-order valence-electron chi connectivity index (χ1n) is 10.6.